The number of nitrogens with zero attached hydrogens (tertiary/aromatic N) is 1. The Balaban J connectivity index is 2.34. The Labute approximate surface area is 123 Å². The van der Waals surface area contributed by atoms with Crippen LogP contribution < -0.4 is 15.4 Å². The van der Waals surface area contributed by atoms with Crippen molar-refractivity contribution < 1.29 is 4.74 Å². The van der Waals surface area contributed by atoms with E-state index in [0.29, 0.717) is 12.5 Å². The van der Waals surface area contributed by atoms with Crippen LogP contribution in [0, 0.1) is 11.8 Å². The fourth-order valence-corrected chi connectivity index (χ4v) is 3.71. The summed E-state index contributed by atoms with van der Waals surface area (Å²) in [7, 11) is 3.89. The number of hydrogen-bond acceptors (Lipinski definition) is 3. The number of ether oxygens (including phenoxy) is 1. The lowest BCUT2D eigenvalue weighted by molar-refractivity contribution is 0.144. The molecule has 0 radical (unpaired) electrons. The number of methoxy groups -OCH3 is 1. The summed E-state index contributed by atoms with van der Waals surface area (Å²) in [5, 5.41) is 0. The average molecular weight is 276 g/mol. The van der Waals surface area contributed by atoms with Crippen LogP contribution in [-0.4, -0.2) is 26.2 Å². The Hall–Kier alpha value is -1.22. The van der Waals surface area contributed by atoms with Gasteiger partial charge in [0.2, 0.25) is 0 Å². The molecule has 3 atom stereocenters. The monoisotopic (exact) mass is 276 g/mol. The summed E-state index contributed by atoms with van der Waals surface area (Å²) in [5.74, 6) is 2.22. The van der Waals surface area contributed by atoms with Gasteiger partial charge in [-0.05, 0) is 30.4 Å². The van der Waals surface area contributed by atoms with Crippen molar-refractivity contribution in [3.8, 4) is 5.75 Å². The van der Waals surface area contributed by atoms with Gasteiger partial charge in [0.1, 0.15) is 5.75 Å². The molecule has 20 heavy (non-hydrogen) atoms. The van der Waals surface area contributed by atoms with Gasteiger partial charge in [-0.15, -0.1) is 0 Å². The van der Waals surface area contributed by atoms with Crippen molar-refractivity contribution in [3.05, 3.63) is 24.3 Å². The minimum atomic E-state index is 0.0596. The zero-order chi connectivity index (χ0) is 14.8. The predicted molar refractivity (Wildman–Crippen MR) is 85.4 cm³/mol. The number of likely N-dealkylation sites (N-methyl/N-ethyl adjacent to an activating group) is 1. The molecule has 1 aliphatic rings. The molecule has 1 fully saturated rings. The summed E-state index contributed by atoms with van der Waals surface area (Å²) < 4.78 is 5.35. The largest absolute Gasteiger partial charge is 0.497 e. The Kier molecular flexibility index (Phi) is 4.59. The summed E-state index contributed by atoms with van der Waals surface area (Å²) in [5.41, 5.74) is 7.48. The molecule has 1 saturated carbocycles. The zero-order valence-corrected chi connectivity index (χ0v) is 13.2. The third-order valence-corrected chi connectivity index (χ3v) is 5.43. The van der Waals surface area contributed by atoms with E-state index in [1.807, 2.05) is 12.1 Å². The summed E-state index contributed by atoms with van der Waals surface area (Å²) in [6.07, 6.45) is 3.74. The van der Waals surface area contributed by atoms with Crippen molar-refractivity contribution in [3.63, 3.8) is 0 Å². The van der Waals surface area contributed by atoms with Crippen LogP contribution in [0.5, 0.6) is 5.75 Å². The van der Waals surface area contributed by atoms with Gasteiger partial charge in [-0.3, -0.25) is 0 Å². The van der Waals surface area contributed by atoms with E-state index in [1.165, 1.54) is 24.9 Å². The van der Waals surface area contributed by atoms with Crippen LogP contribution in [0.3, 0.4) is 0 Å². The molecule has 0 spiro atoms. The Bertz CT molecular complexity index is 448. The van der Waals surface area contributed by atoms with E-state index in [4.69, 9.17) is 10.5 Å². The van der Waals surface area contributed by atoms with E-state index in [0.717, 1.165) is 11.7 Å². The summed E-state index contributed by atoms with van der Waals surface area (Å²) >= 11 is 0. The van der Waals surface area contributed by atoms with E-state index < -0.39 is 0 Å². The van der Waals surface area contributed by atoms with Crippen molar-refractivity contribution >= 4 is 5.69 Å². The first-order valence-electron chi connectivity index (χ1n) is 7.63. The molecule has 112 valence electrons. The Morgan fingerprint density at radius 2 is 2.15 bits per heavy atom. The van der Waals surface area contributed by atoms with Crippen LogP contribution in [0.15, 0.2) is 24.3 Å². The molecule has 2 N–H and O–H groups in total. The van der Waals surface area contributed by atoms with Crippen LogP contribution in [0.2, 0.25) is 0 Å². The smallest absolute Gasteiger partial charge is 0.120 e. The van der Waals surface area contributed by atoms with Gasteiger partial charge < -0.3 is 15.4 Å². The highest BCUT2D eigenvalue weighted by molar-refractivity contribution is 5.53. The highest BCUT2D eigenvalue weighted by Crippen LogP contribution is 2.42. The molecule has 1 aromatic carbocycles. The quantitative estimate of drug-likeness (QED) is 0.917. The average Bonchev–Trinajstić information content (AvgIpc) is 2.49. The second kappa shape index (κ2) is 6.04. The molecule has 2 rings (SSSR count). The topological polar surface area (TPSA) is 38.5 Å². The molecule has 0 bridgehead atoms. The first kappa shape index (κ1) is 15.2. The maximum Gasteiger partial charge on any atom is 0.120 e. The fraction of sp³-hybridized carbons (Fsp3) is 0.647. The second-order valence-corrected chi connectivity index (χ2v) is 6.23. The normalized spacial score (nSPS) is 30.1. The second-order valence-electron chi connectivity index (χ2n) is 6.23. The lowest BCUT2D eigenvalue weighted by Crippen LogP contribution is -2.60. The van der Waals surface area contributed by atoms with Crippen LogP contribution in [-0.2, 0) is 0 Å². The highest BCUT2D eigenvalue weighted by Gasteiger charge is 2.43. The summed E-state index contributed by atoms with van der Waals surface area (Å²) in [6, 6.07) is 8.28. The van der Waals surface area contributed by atoms with E-state index in [2.05, 4.69) is 37.9 Å². The SMILES string of the molecule is COc1cccc(N(C)C2(CN)CCCC(C)C2C)c1. The molecule has 0 heterocycles. The molecule has 0 saturated heterocycles. The van der Waals surface area contributed by atoms with Crippen LogP contribution in [0.25, 0.3) is 0 Å². The van der Waals surface area contributed by atoms with Gasteiger partial charge in [-0.25, -0.2) is 0 Å². The lowest BCUT2D eigenvalue weighted by atomic mass is 9.67. The molecule has 0 amide bonds. The van der Waals surface area contributed by atoms with Crippen molar-refractivity contribution in [2.24, 2.45) is 17.6 Å². The standard InChI is InChI=1S/C17H28N2O/c1-13-7-6-10-17(12-18,14(13)2)19(3)15-8-5-9-16(11-15)20-4/h5,8-9,11,13-14H,6-7,10,12,18H2,1-4H3. The third-order valence-electron chi connectivity index (χ3n) is 5.43. The van der Waals surface area contributed by atoms with Crippen LogP contribution >= 0.6 is 0 Å². The molecule has 1 aliphatic carbocycles. The number of nitrogens with two attached hydrogens (primary N) is 1. The lowest BCUT2D eigenvalue weighted by Gasteiger charge is -2.52. The van der Waals surface area contributed by atoms with Crippen molar-refractivity contribution in [2.75, 3.05) is 25.6 Å². The van der Waals surface area contributed by atoms with Gasteiger partial charge in [0.25, 0.3) is 0 Å². The number of hydrogen-bond donors (Lipinski definition) is 1. The maximum atomic E-state index is 6.23. The zero-order valence-electron chi connectivity index (χ0n) is 13.2. The number of benzene rings is 1. The molecule has 3 nitrogen and oxygen atoms in total. The van der Waals surface area contributed by atoms with Gasteiger partial charge >= 0.3 is 0 Å². The van der Waals surface area contributed by atoms with Gasteiger partial charge in [0.05, 0.1) is 12.6 Å². The van der Waals surface area contributed by atoms with Crippen LogP contribution in [0.4, 0.5) is 5.69 Å². The number of anilines is 1. The van der Waals surface area contributed by atoms with Gasteiger partial charge in [0, 0.05) is 25.3 Å². The molecule has 0 aliphatic heterocycles. The fourth-order valence-electron chi connectivity index (χ4n) is 3.71. The predicted octanol–water partition coefficient (Wildman–Crippen LogP) is 3.29. The summed E-state index contributed by atoms with van der Waals surface area (Å²) in [6.45, 7) is 5.41. The first-order chi connectivity index (χ1) is 9.55. The maximum absolute atomic E-state index is 6.23. The van der Waals surface area contributed by atoms with Crippen molar-refractivity contribution in [1.82, 2.24) is 0 Å². The van der Waals surface area contributed by atoms with Gasteiger partial charge in [-0.2, -0.15) is 0 Å². The highest BCUT2D eigenvalue weighted by atomic mass is 16.5. The minimum Gasteiger partial charge on any atom is -0.497 e. The first-order valence-corrected chi connectivity index (χ1v) is 7.63. The van der Waals surface area contributed by atoms with E-state index in [9.17, 15) is 0 Å². The van der Waals surface area contributed by atoms with E-state index in [-0.39, 0.29) is 5.54 Å². The Morgan fingerprint density at radius 3 is 2.80 bits per heavy atom. The number of rotatable bonds is 4. The van der Waals surface area contributed by atoms with E-state index in [1.54, 1.807) is 7.11 Å². The summed E-state index contributed by atoms with van der Waals surface area (Å²) in [4.78, 5) is 2.38. The van der Waals surface area contributed by atoms with Crippen molar-refractivity contribution in [1.29, 1.82) is 0 Å². The van der Waals surface area contributed by atoms with Gasteiger partial charge in [-0.1, -0.05) is 32.8 Å². The van der Waals surface area contributed by atoms with Crippen LogP contribution in [0.1, 0.15) is 33.1 Å². The third kappa shape index (κ3) is 2.51. The molecule has 3 heteroatoms. The minimum absolute atomic E-state index is 0.0596. The Morgan fingerprint density at radius 1 is 1.40 bits per heavy atom. The molecular weight excluding hydrogens is 248 g/mol. The van der Waals surface area contributed by atoms with Gasteiger partial charge in [0.15, 0.2) is 0 Å². The molecule has 1 aromatic rings. The molecule has 3 unspecified atom stereocenters. The molecule has 0 aromatic heterocycles. The molecular formula is C17H28N2O. The van der Waals surface area contributed by atoms with Crippen molar-refractivity contribution in [2.45, 2.75) is 38.6 Å². The van der Waals surface area contributed by atoms with E-state index >= 15 is 0 Å².